The minimum atomic E-state index is -3.76. The van der Waals surface area contributed by atoms with Crippen molar-refractivity contribution in [2.24, 2.45) is 11.3 Å². The van der Waals surface area contributed by atoms with E-state index in [4.69, 9.17) is 4.74 Å². The lowest BCUT2D eigenvalue weighted by molar-refractivity contribution is -0.127. The van der Waals surface area contributed by atoms with Crippen LogP contribution in [0.5, 0.6) is 0 Å². The van der Waals surface area contributed by atoms with E-state index in [-0.39, 0.29) is 36.1 Å². The Morgan fingerprint density at radius 2 is 1.60 bits per heavy atom. The van der Waals surface area contributed by atoms with Crippen molar-refractivity contribution in [3.63, 3.8) is 0 Å². The van der Waals surface area contributed by atoms with Crippen LogP contribution in [0.25, 0.3) is 10.8 Å². The van der Waals surface area contributed by atoms with Crippen molar-refractivity contribution in [1.82, 2.24) is 15.4 Å². The number of ether oxygens (including phenoxy) is 1. The molecule has 1 aliphatic carbocycles. The van der Waals surface area contributed by atoms with Crippen molar-refractivity contribution in [3.8, 4) is 0 Å². The third kappa shape index (κ3) is 10.8. The van der Waals surface area contributed by atoms with Gasteiger partial charge in [-0.3, -0.25) is 9.59 Å². The van der Waals surface area contributed by atoms with Crippen LogP contribution in [0.1, 0.15) is 57.9 Å². The predicted octanol–water partition coefficient (Wildman–Crippen LogP) is 4.85. The normalized spacial score (nSPS) is 19.8. The summed E-state index contributed by atoms with van der Waals surface area (Å²) in [4.78, 5) is 28.0. The van der Waals surface area contributed by atoms with Gasteiger partial charge < -0.3 is 20.5 Å². The zero-order chi connectivity index (χ0) is 34.2. The average molecular weight is 684 g/mol. The molecule has 4 atom stereocenters. The van der Waals surface area contributed by atoms with E-state index >= 15 is 0 Å². The molecule has 0 heterocycles. The molecule has 0 radical (unpaired) electrons. The van der Waals surface area contributed by atoms with Gasteiger partial charge in [0.15, 0.2) is 0 Å². The van der Waals surface area contributed by atoms with Gasteiger partial charge >= 0.3 is 0 Å². The molecule has 9 nitrogen and oxygen atoms in total. The Kier molecular flexibility index (Phi) is 12.9. The van der Waals surface area contributed by atoms with Crippen LogP contribution in [0, 0.1) is 11.3 Å². The standard InChI is InChI=1S/C36H49N3O6S2/c1-36(2,3)32(25-12-7-6-8-13-25)33(31(40)22-37-34(41)26-15-18-28(45-4)19-16-26)38-35(42)30(39-47(5,43)44)23-46-29-20-17-24-11-9-10-14-27(24)21-29/h6-14,17,20-21,26,28,30-33,39-40H,15-16,18-19,22-23H2,1-5H3,(H,37,41)(H,38,42)/t26?,28?,30-,31?,32?,33?/m1/s1. The fraction of sp³-hybridized carbons (Fsp3) is 0.500. The van der Waals surface area contributed by atoms with Gasteiger partial charge in [-0.2, -0.15) is 0 Å². The Balaban J connectivity index is 1.56. The number of nitrogens with one attached hydrogen (secondary N) is 3. The molecule has 1 aliphatic rings. The number of methoxy groups -OCH3 is 1. The summed E-state index contributed by atoms with van der Waals surface area (Å²) in [6, 6.07) is 21.6. The van der Waals surface area contributed by atoms with Crippen LogP contribution in [-0.4, -0.2) is 75.3 Å². The highest BCUT2D eigenvalue weighted by molar-refractivity contribution is 7.99. The van der Waals surface area contributed by atoms with Crippen molar-refractivity contribution in [2.75, 3.05) is 25.7 Å². The molecule has 3 aromatic carbocycles. The molecule has 256 valence electrons. The van der Waals surface area contributed by atoms with Gasteiger partial charge in [-0.1, -0.05) is 81.4 Å². The lowest BCUT2D eigenvalue weighted by Crippen LogP contribution is -2.58. The van der Waals surface area contributed by atoms with Crippen LogP contribution in [0.2, 0.25) is 0 Å². The molecule has 3 unspecified atom stereocenters. The second-order valence-electron chi connectivity index (χ2n) is 13.6. The second-order valence-corrected chi connectivity index (χ2v) is 16.4. The lowest BCUT2D eigenvalue weighted by Gasteiger charge is -2.41. The van der Waals surface area contributed by atoms with Gasteiger partial charge in [0.25, 0.3) is 0 Å². The minimum Gasteiger partial charge on any atom is -0.389 e. The number of rotatable bonds is 14. The molecule has 0 saturated heterocycles. The monoisotopic (exact) mass is 683 g/mol. The SMILES string of the molecule is COC1CCC(C(=O)NCC(O)C(NC(=O)[C@@H](CSc2ccc3ccccc3c2)NS(C)(=O)=O)C(c2ccccc2)C(C)(C)C)CC1. The third-order valence-corrected chi connectivity index (χ3v) is 10.6. The van der Waals surface area contributed by atoms with E-state index in [0.717, 1.165) is 40.3 Å². The molecular formula is C36H49N3O6S2. The van der Waals surface area contributed by atoms with Gasteiger partial charge in [0.2, 0.25) is 21.8 Å². The Labute approximate surface area is 283 Å². The van der Waals surface area contributed by atoms with Crippen LogP contribution in [0.4, 0.5) is 0 Å². The number of benzene rings is 3. The molecule has 0 aliphatic heterocycles. The Morgan fingerprint density at radius 1 is 0.957 bits per heavy atom. The summed E-state index contributed by atoms with van der Waals surface area (Å²) in [5.74, 6) is -1.08. The predicted molar refractivity (Wildman–Crippen MR) is 189 cm³/mol. The molecule has 11 heteroatoms. The number of thioether (sulfide) groups is 1. The molecule has 1 fully saturated rings. The number of amides is 2. The number of hydrogen-bond donors (Lipinski definition) is 4. The van der Waals surface area contributed by atoms with E-state index in [2.05, 4.69) is 15.4 Å². The van der Waals surface area contributed by atoms with Crippen molar-refractivity contribution >= 4 is 44.4 Å². The van der Waals surface area contributed by atoms with Crippen molar-refractivity contribution in [2.45, 2.75) is 81.6 Å². The van der Waals surface area contributed by atoms with Crippen molar-refractivity contribution < 1.29 is 27.9 Å². The van der Waals surface area contributed by atoms with Crippen LogP contribution in [-0.2, 0) is 24.3 Å². The second kappa shape index (κ2) is 16.4. The van der Waals surface area contributed by atoms with Crippen LogP contribution >= 0.6 is 11.8 Å². The van der Waals surface area contributed by atoms with Gasteiger partial charge in [0.05, 0.1) is 24.5 Å². The maximum Gasteiger partial charge on any atom is 0.239 e. The van der Waals surface area contributed by atoms with E-state index < -0.39 is 39.5 Å². The Bertz CT molecular complexity index is 1590. The molecule has 3 aromatic rings. The summed E-state index contributed by atoms with van der Waals surface area (Å²) < 4.78 is 32.8. The van der Waals surface area contributed by atoms with Crippen molar-refractivity contribution in [1.29, 1.82) is 0 Å². The van der Waals surface area contributed by atoms with Gasteiger partial charge in [0.1, 0.15) is 6.04 Å². The molecule has 0 bridgehead atoms. The first-order valence-electron chi connectivity index (χ1n) is 16.2. The number of fused-ring (bicyclic) bond motifs is 1. The summed E-state index contributed by atoms with van der Waals surface area (Å²) in [6.07, 6.45) is 3.07. The van der Waals surface area contributed by atoms with Crippen LogP contribution in [0.15, 0.2) is 77.7 Å². The first-order chi connectivity index (χ1) is 22.2. The highest BCUT2D eigenvalue weighted by Gasteiger charge is 2.40. The lowest BCUT2D eigenvalue weighted by atomic mass is 9.70. The zero-order valence-electron chi connectivity index (χ0n) is 27.9. The Morgan fingerprint density at radius 3 is 2.21 bits per heavy atom. The Hall–Kier alpha value is -2.96. The molecular weight excluding hydrogens is 635 g/mol. The number of carbonyl (C=O) groups is 2. The summed E-state index contributed by atoms with van der Waals surface area (Å²) in [6.45, 7) is 6.03. The molecule has 4 N–H and O–H groups in total. The molecule has 0 aromatic heterocycles. The largest absolute Gasteiger partial charge is 0.389 e. The quantitative estimate of drug-likeness (QED) is 0.179. The van der Waals surface area contributed by atoms with E-state index in [0.29, 0.717) is 12.8 Å². The minimum absolute atomic E-state index is 0.0661. The molecule has 1 saturated carbocycles. The number of aliphatic hydroxyl groups is 1. The van der Waals surface area contributed by atoms with E-state index in [1.165, 1.54) is 11.8 Å². The summed E-state index contributed by atoms with van der Waals surface area (Å²) >= 11 is 1.37. The average Bonchev–Trinajstić information content (AvgIpc) is 3.04. The first kappa shape index (κ1) is 36.9. The van der Waals surface area contributed by atoms with Gasteiger partial charge in [-0.05, 0) is 59.6 Å². The fourth-order valence-corrected chi connectivity index (χ4v) is 8.25. The third-order valence-electron chi connectivity index (χ3n) is 8.85. The topological polar surface area (TPSA) is 134 Å². The maximum absolute atomic E-state index is 14.0. The van der Waals surface area contributed by atoms with E-state index in [1.807, 2.05) is 93.6 Å². The van der Waals surface area contributed by atoms with E-state index in [9.17, 15) is 23.1 Å². The number of sulfonamides is 1. The molecule has 2 amide bonds. The summed E-state index contributed by atoms with van der Waals surface area (Å²) in [7, 11) is -2.07. The number of hydrogen-bond acceptors (Lipinski definition) is 7. The van der Waals surface area contributed by atoms with Crippen molar-refractivity contribution in [3.05, 3.63) is 78.4 Å². The van der Waals surface area contributed by atoms with E-state index in [1.54, 1.807) is 7.11 Å². The number of carbonyl (C=O) groups excluding carboxylic acids is 2. The highest BCUT2D eigenvalue weighted by atomic mass is 32.2. The zero-order valence-corrected chi connectivity index (χ0v) is 29.6. The van der Waals surface area contributed by atoms with Crippen LogP contribution < -0.4 is 15.4 Å². The highest BCUT2D eigenvalue weighted by Crippen LogP contribution is 2.39. The number of aliphatic hydroxyl groups excluding tert-OH is 1. The van der Waals surface area contributed by atoms with Crippen LogP contribution in [0.3, 0.4) is 0 Å². The fourth-order valence-electron chi connectivity index (χ4n) is 6.47. The van der Waals surface area contributed by atoms with Gasteiger partial charge in [-0.15, -0.1) is 11.8 Å². The molecule has 4 rings (SSSR count). The van der Waals surface area contributed by atoms with Gasteiger partial charge in [0, 0.05) is 36.1 Å². The van der Waals surface area contributed by atoms with Gasteiger partial charge in [-0.25, -0.2) is 13.1 Å². The summed E-state index contributed by atoms with van der Waals surface area (Å²) in [5.41, 5.74) is 0.481. The maximum atomic E-state index is 14.0. The molecule has 47 heavy (non-hydrogen) atoms. The first-order valence-corrected chi connectivity index (χ1v) is 19.1. The molecule has 0 spiro atoms. The smallest absolute Gasteiger partial charge is 0.239 e. The summed E-state index contributed by atoms with van der Waals surface area (Å²) in [5, 5.41) is 19.8.